The van der Waals surface area contributed by atoms with Crippen LogP contribution in [0.25, 0.3) is 0 Å². The zero-order valence-electron chi connectivity index (χ0n) is 18.8. The van der Waals surface area contributed by atoms with Crippen molar-refractivity contribution in [2.75, 3.05) is 50.7 Å². The van der Waals surface area contributed by atoms with Gasteiger partial charge < -0.3 is 20.6 Å². The van der Waals surface area contributed by atoms with Crippen LogP contribution in [0.3, 0.4) is 0 Å². The molecule has 2 atom stereocenters. The minimum absolute atomic E-state index is 0. The van der Waals surface area contributed by atoms with Crippen molar-refractivity contribution >= 4 is 47.0 Å². The molecule has 3 N–H and O–H groups in total. The van der Waals surface area contributed by atoms with Gasteiger partial charge in [-0.3, -0.25) is 4.90 Å². The molecule has 0 radical (unpaired) electrons. The van der Waals surface area contributed by atoms with Gasteiger partial charge in [-0.25, -0.2) is 4.99 Å². The van der Waals surface area contributed by atoms with Crippen LogP contribution in [0.5, 0.6) is 0 Å². The van der Waals surface area contributed by atoms with Gasteiger partial charge >= 0.3 is 0 Å². The number of hydrogen-bond acceptors (Lipinski definition) is 5. The minimum Gasteiger partial charge on any atom is -0.383 e. The van der Waals surface area contributed by atoms with Crippen LogP contribution >= 0.6 is 35.3 Å². The van der Waals surface area contributed by atoms with Gasteiger partial charge in [-0.15, -0.1) is 35.3 Å². The number of para-hydroxylation sites is 1. The van der Waals surface area contributed by atoms with E-state index in [2.05, 4.69) is 69.6 Å². The van der Waals surface area contributed by atoms with Gasteiger partial charge in [-0.1, -0.05) is 24.3 Å². The number of nitrogens with one attached hydrogen (secondary N) is 2. The first-order chi connectivity index (χ1) is 14.5. The van der Waals surface area contributed by atoms with Gasteiger partial charge in [-0.05, 0) is 44.4 Å². The standard InChI is InChI=1S/C23H35N5OS.HI/c1-4-24-22(26-18-23(3,29)21-11-8-16-30-21)25-17-19(2)27-12-14-28(15-13-27)20-9-6-5-7-10-20;/h5-11,16,19,29H,4,12-15,17-18H2,1-3H3,(H2,24,25,26);1H. The topological polar surface area (TPSA) is 63.1 Å². The van der Waals surface area contributed by atoms with E-state index >= 15 is 0 Å². The van der Waals surface area contributed by atoms with Crippen molar-refractivity contribution < 1.29 is 5.11 Å². The summed E-state index contributed by atoms with van der Waals surface area (Å²) in [5.74, 6) is 0.754. The molecule has 0 spiro atoms. The predicted octanol–water partition coefficient (Wildman–Crippen LogP) is 3.34. The fraction of sp³-hybridized carbons (Fsp3) is 0.522. The molecule has 1 aliphatic heterocycles. The van der Waals surface area contributed by atoms with Crippen molar-refractivity contribution in [3.63, 3.8) is 0 Å². The van der Waals surface area contributed by atoms with Gasteiger partial charge in [0.2, 0.25) is 0 Å². The van der Waals surface area contributed by atoms with Gasteiger partial charge in [0.05, 0.1) is 6.54 Å². The van der Waals surface area contributed by atoms with E-state index in [-0.39, 0.29) is 24.0 Å². The van der Waals surface area contributed by atoms with Crippen molar-refractivity contribution in [3.8, 4) is 0 Å². The van der Waals surface area contributed by atoms with Crippen molar-refractivity contribution in [2.45, 2.75) is 32.4 Å². The maximum Gasteiger partial charge on any atom is 0.191 e. The van der Waals surface area contributed by atoms with Gasteiger partial charge in [0.1, 0.15) is 5.60 Å². The first-order valence-corrected chi connectivity index (χ1v) is 11.7. The van der Waals surface area contributed by atoms with Crippen LogP contribution in [0, 0.1) is 0 Å². The summed E-state index contributed by atoms with van der Waals surface area (Å²) in [5, 5.41) is 19.5. The zero-order chi connectivity index (χ0) is 21.4. The summed E-state index contributed by atoms with van der Waals surface area (Å²) >= 11 is 1.56. The molecule has 0 aliphatic carbocycles. The second-order valence-electron chi connectivity index (χ2n) is 8.03. The molecule has 0 bridgehead atoms. The summed E-state index contributed by atoms with van der Waals surface area (Å²) in [7, 11) is 0. The quantitative estimate of drug-likeness (QED) is 0.264. The Kier molecular flexibility index (Phi) is 10.5. The Bertz CT molecular complexity index is 777. The summed E-state index contributed by atoms with van der Waals surface area (Å²) in [4.78, 5) is 10.5. The first-order valence-electron chi connectivity index (χ1n) is 10.8. The number of halogens is 1. The highest BCUT2D eigenvalue weighted by Crippen LogP contribution is 2.25. The van der Waals surface area contributed by atoms with Crippen LogP contribution in [0.4, 0.5) is 5.69 Å². The lowest BCUT2D eigenvalue weighted by molar-refractivity contribution is 0.0711. The second-order valence-corrected chi connectivity index (χ2v) is 8.98. The molecule has 2 heterocycles. The molecule has 6 nitrogen and oxygen atoms in total. The lowest BCUT2D eigenvalue weighted by Crippen LogP contribution is -2.53. The number of aliphatic imine (C=N–C) groups is 1. The largest absolute Gasteiger partial charge is 0.383 e. The number of guanidine groups is 1. The molecule has 2 unspecified atom stereocenters. The molecule has 0 saturated carbocycles. The number of nitrogens with zero attached hydrogens (tertiary/aromatic N) is 3. The van der Waals surface area contributed by atoms with Crippen LogP contribution in [-0.2, 0) is 5.60 Å². The lowest BCUT2D eigenvalue weighted by Gasteiger charge is -2.39. The van der Waals surface area contributed by atoms with Crippen molar-refractivity contribution in [3.05, 3.63) is 52.7 Å². The third kappa shape index (κ3) is 7.62. The molecule has 31 heavy (non-hydrogen) atoms. The highest BCUT2D eigenvalue weighted by molar-refractivity contribution is 14.0. The second kappa shape index (κ2) is 12.6. The van der Waals surface area contributed by atoms with E-state index in [1.807, 2.05) is 24.4 Å². The zero-order valence-corrected chi connectivity index (χ0v) is 21.9. The molecule has 1 fully saturated rings. The number of piperazine rings is 1. The van der Waals surface area contributed by atoms with E-state index < -0.39 is 5.60 Å². The molecule has 1 saturated heterocycles. The van der Waals surface area contributed by atoms with Gasteiger partial charge in [-0.2, -0.15) is 0 Å². The Morgan fingerprint density at radius 3 is 2.45 bits per heavy atom. The summed E-state index contributed by atoms with van der Waals surface area (Å²) in [6.07, 6.45) is 0. The molecule has 8 heteroatoms. The lowest BCUT2D eigenvalue weighted by atomic mass is 10.1. The average Bonchev–Trinajstić information content (AvgIpc) is 3.32. The normalized spacial score (nSPS) is 18.1. The number of aliphatic hydroxyl groups is 1. The maximum absolute atomic E-state index is 10.7. The van der Waals surface area contributed by atoms with E-state index in [1.54, 1.807) is 11.3 Å². The Balaban J connectivity index is 0.00000341. The molecular weight excluding hydrogens is 521 g/mol. The van der Waals surface area contributed by atoms with Crippen molar-refractivity contribution in [1.82, 2.24) is 15.5 Å². The van der Waals surface area contributed by atoms with Crippen LogP contribution in [0.1, 0.15) is 25.6 Å². The van der Waals surface area contributed by atoms with E-state index in [1.165, 1.54) is 5.69 Å². The molecule has 2 aromatic rings. The Morgan fingerprint density at radius 2 is 1.84 bits per heavy atom. The summed E-state index contributed by atoms with van der Waals surface area (Å²) < 4.78 is 0. The number of hydrogen-bond donors (Lipinski definition) is 3. The van der Waals surface area contributed by atoms with Gasteiger partial charge in [0, 0.05) is 55.9 Å². The summed E-state index contributed by atoms with van der Waals surface area (Å²) in [6, 6.07) is 15.0. The highest BCUT2D eigenvalue weighted by Gasteiger charge is 2.24. The number of anilines is 1. The third-order valence-electron chi connectivity index (χ3n) is 5.57. The van der Waals surface area contributed by atoms with E-state index in [4.69, 9.17) is 0 Å². The third-order valence-corrected chi connectivity index (χ3v) is 6.69. The smallest absolute Gasteiger partial charge is 0.191 e. The van der Waals surface area contributed by atoms with Crippen molar-refractivity contribution in [2.24, 2.45) is 4.99 Å². The molecule has 0 amide bonds. The van der Waals surface area contributed by atoms with Gasteiger partial charge in [0.25, 0.3) is 0 Å². The van der Waals surface area contributed by atoms with Crippen LogP contribution in [0.2, 0.25) is 0 Å². The number of thiophene rings is 1. The monoisotopic (exact) mass is 557 g/mol. The van der Waals surface area contributed by atoms with Crippen molar-refractivity contribution in [1.29, 1.82) is 0 Å². The fourth-order valence-electron chi connectivity index (χ4n) is 3.67. The van der Waals surface area contributed by atoms with Crippen LogP contribution in [0.15, 0.2) is 52.8 Å². The summed E-state index contributed by atoms with van der Waals surface area (Å²) in [5.41, 5.74) is 0.359. The first kappa shape index (κ1) is 25.9. The maximum atomic E-state index is 10.7. The predicted molar refractivity (Wildman–Crippen MR) is 143 cm³/mol. The average molecular weight is 558 g/mol. The fourth-order valence-corrected chi connectivity index (χ4v) is 4.45. The number of rotatable bonds is 8. The van der Waals surface area contributed by atoms with E-state index in [0.717, 1.165) is 50.1 Å². The molecule has 1 aromatic heterocycles. The SMILES string of the molecule is CCNC(=NCC(C)(O)c1cccs1)NCC(C)N1CCN(c2ccccc2)CC1.I. The molecule has 3 rings (SSSR count). The highest BCUT2D eigenvalue weighted by atomic mass is 127. The Hall–Kier alpha value is -1.36. The van der Waals surface area contributed by atoms with E-state index in [0.29, 0.717) is 12.6 Å². The Morgan fingerprint density at radius 1 is 1.13 bits per heavy atom. The van der Waals surface area contributed by atoms with Gasteiger partial charge in [0.15, 0.2) is 5.96 Å². The van der Waals surface area contributed by atoms with Crippen LogP contribution in [-0.4, -0.2) is 67.8 Å². The summed E-state index contributed by atoms with van der Waals surface area (Å²) in [6.45, 7) is 12.3. The van der Waals surface area contributed by atoms with Crippen LogP contribution < -0.4 is 15.5 Å². The molecule has 1 aliphatic rings. The molecule has 1 aromatic carbocycles. The number of benzene rings is 1. The molecule has 172 valence electrons. The Labute approximate surface area is 207 Å². The van der Waals surface area contributed by atoms with E-state index in [9.17, 15) is 5.11 Å². The minimum atomic E-state index is -0.949. The molecular formula is C23H36IN5OS.